The van der Waals surface area contributed by atoms with Crippen LogP contribution in [0.25, 0.3) is 5.69 Å². The molecule has 2 aromatic rings. The SMILES string of the molecule is CCc1nc(CC)n(-c2ccccc2C(O)CC)n1. The summed E-state index contributed by atoms with van der Waals surface area (Å²) in [4.78, 5) is 4.52. The van der Waals surface area contributed by atoms with Crippen LogP contribution in [-0.2, 0) is 12.8 Å². The first-order valence-electron chi connectivity index (χ1n) is 6.93. The van der Waals surface area contributed by atoms with Crippen LogP contribution in [-0.4, -0.2) is 19.9 Å². The van der Waals surface area contributed by atoms with E-state index in [1.54, 1.807) is 0 Å². The molecule has 2 rings (SSSR count). The molecule has 0 bridgehead atoms. The number of aliphatic hydroxyl groups excluding tert-OH is 1. The highest BCUT2D eigenvalue weighted by Crippen LogP contribution is 2.24. The molecule has 1 aromatic carbocycles. The first-order chi connectivity index (χ1) is 9.21. The summed E-state index contributed by atoms with van der Waals surface area (Å²) < 4.78 is 1.87. The monoisotopic (exact) mass is 259 g/mol. The first-order valence-corrected chi connectivity index (χ1v) is 6.93. The van der Waals surface area contributed by atoms with Gasteiger partial charge < -0.3 is 5.11 Å². The molecule has 0 radical (unpaired) electrons. The van der Waals surface area contributed by atoms with Crippen LogP contribution in [0, 0.1) is 0 Å². The Bertz CT molecular complexity index is 548. The van der Waals surface area contributed by atoms with Crippen molar-refractivity contribution < 1.29 is 5.11 Å². The van der Waals surface area contributed by atoms with Gasteiger partial charge in [0.05, 0.1) is 11.8 Å². The fourth-order valence-electron chi connectivity index (χ4n) is 2.15. The zero-order chi connectivity index (χ0) is 13.8. The van der Waals surface area contributed by atoms with E-state index in [0.717, 1.165) is 35.7 Å². The Hall–Kier alpha value is -1.68. The highest BCUT2D eigenvalue weighted by Gasteiger charge is 2.15. The summed E-state index contributed by atoms with van der Waals surface area (Å²) in [5, 5.41) is 14.7. The van der Waals surface area contributed by atoms with E-state index >= 15 is 0 Å². The molecule has 102 valence electrons. The quantitative estimate of drug-likeness (QED) is 0.898. The van der Waals surface area contributed by atoms with Gasteiger partial charge in [-0.1, -0.05) is 39.0 Å². The van der Waals surface area contributed by atoms with Crippen LogP contribution >= 0.6 is 0 Å². The summed E-state index contributed by atoms with van der Waals surface area (Å²) in [5.74, 6) is 1.78. The van der Waals surface area contributed by atoms with Gasteiger partial charge in [0, 0.05) is 18.4 Å². The van der Waals surface area contributed by atoms with Gasteiger partial charge in [-0.25, -0.2) is 9.67 Å². The number of hydrogen-bond donors (Lipinski definition) is 1. The topological polar surface area (TPSA) is 50.9 Å². The second-order valence-electron chi connectivity index (χ2n) is 4.55. The maximum atomic E-state index is 10.1. The zero-order valence-electron chi connectivity index (χ0n) is 11.8. The number of rotatable bonds is 5. The maximum absolute atomic E-state index is 10.1. The lowest BCUT2D eigenvalue weighted by Crippen LogP contribution is -2.08. The minimum absolute atomic E-state index is 0.463. The van der Waals surface area contributed by atoms with Crippen molar-refractivity contribution in [1.82, 2.24) is 14.8 Å². The molecule has 0 aliphatic heterocycles. The molecule has 1 heterocycles. The smallest absolute Gasteiger partial charge is 0.151 e. The van der Waals surface area contributed by atoms with Gasteiger partial charge in [0.2, 0.25) is 0 Å². The van der Waals surface area contributed by atoms with Crippen LogP contribution < -0.4 is 0 Å². The minimum atomic E-state index is -0.463. The molecule has 4 heteroatoms. The molecule has 0 aliphatic rings. The molecule has 0 amide bonds. The Balaban J connectivity index is 2.55. The molecule has 0 spiro atoms. The summed E-state index contributed by atoms with van der Waals surface area (Å²) >= 11 is 0. The second kappa shape index (κ2) is 5.97. The van der Waals surface area contributed by atoms with E-state index in [-0.39, 0.29) is 0 Å². The van der Waals surface area contributed by atoms with E-state index < -0.39 is 6.10 Å². The summed E-state index contributed by atoms with van der Waals surface area (Å²) in [6.45, 7) is 6.09. The van der Waals surface area contributed by atoms with Gasteiger partial charge in [0.25, 0.3) is 0 Å². The third-order valence-electron chi connectivity index (χ3n) is 3.26. The summed E-state index contributed by atoms with van der Waals surface area (Å²) in [5.41, 5.74) is 1.84. The van der Waals surface area contributed by atoms with Gasteiger partial charge in [-0.05, 0) is 12.5 Å². The molecule has 1 aromatic heterocycles. The van der Waals surface area contributed by atoms with Gasteiger partial charge in [-0.15, -0.1) is 0 Å². The van der Waals surface area contributed by atoms with Gasteiger partial charge in [-0.3, -0.25) is 0 Å². The third-order valence-corrected chi connectivity index (χ3v) is 3.26. The van der Waals surface area contributed by atoms with Crippen molar-refractivity contribution in [3.8, 4) is 5.69 Å². The van der Waals surface area contributed by atoms with E-state index in [9.17, 15) is 5.11 Å². The van der Waals surface area contributed by atoms with Crippen LogP contribution in [0.5, 0.6) is 0 Å². The Kier molecular flexibility index (Phi) is 4.32. The number of nitrogens with zero attached hydrogens (tertiary/aromatic N) is 3. The molecule has 1 N–H and O–H groups in total. The van der Waals surface area contributed by atoms with E-state index in [1.807, 2.05) is 42.8 Å². The number of aryl methyl sites for hydroxylation is 2. The fourth-order valence-corrected chi connectivity index (χ4v) is 2.15. The number of hydrogen-bond acceptors (Lipinski definition) is 3. The molecular weight excluding hydrogens is 238 g/mol. The molecule has 4 nitrogen and oxygen atoms in total. The number of para-hydroxylation sites is 1. The summed E-state index contributed by atoms with van der Waals surface area (Å²) in [7, 11) is 0. The molecule has 0 aliphatic carbocycles. The maximum Gasteiger partial charge on any atom is 0.151 e. The van der Waals surface area contributed by atoms with Crippen LogP contribution in [0.3, 0.4) is 0 Å². The fraction of sp³-hybridized carbons (Fsp3) is 0.467. The van der Waals surface area contributed by atoms with Crippen molar-refractivity contribution >= 4 is 0 Å². The Labute approximate surface area is 114 Å². The molecule has 1 unspecified atom stereocenters. The lowest BCUT2D eigenvalue weighted by Gasteiger charge is -2.14. The van der Waals surface area contributed by atoms with Crippen LogP contribution in [0.1, 0.15) is 50.5 Å². The van der Waals surface area contributed by atoms with Gasteiger partial charge in [0.1, 0.15) is 5.82 Å². The molecular formula is C15H21N3O. The number of benzene rings is 1. The van der Waals surface area contributed by atoms with Crippen molar-refractivity contribution in [3.05, 3.63) is 41.5 Å². The predicted molar refractivity (Wildman–Crippen MR) is 75.4 cm³/mol. The van der Waals surface area contributed by atoms with E-state index in [0.29, 0.717) is 6.42 Å². The average molecular weight is 259 g/mol. The Morgan fingerprint density at radius 1 is 1.16 bits per heavy atom. The van der Waals surface area contributed by atoms with Crippen molar-refractivity contribution in [3.63, 3.8) is 0 Å². The van der Waals surface area contributed by atoms with Crippen molar-refractivity contribution in [2.75, 3.05) is 0 Å². The third kappa shape index (κ3) is 2.68. The molecule has 0 saturated heterocycles. The van der Waals surface area contributed by atoms with Crippen LogP contribution in [0.4, 0.5) is 0 Å². The first kappa shape index (κ1) is 13.7. The van der Waals surface area contributed by atoms with Gasteiger partial charge in [-0.2, -0.15) is 5.10 Å². The Morgan fingerprint density at radius 3 is 2.53 bits per heavy atom. The van der Waals surface area contributed by atoms with E-state index in [2.05, 4.69) is 17.0 Å². The zero-order valence-corrected chi connectivity index (χ0v) is 11.8. The van der Waals surface area contributed by atoms with Crippen molar-refractivity contribution in [2.45, 2.75) is 46.1 Å². The highest BCUT2D eigenvalue weighted by molar-refractivity contribution is 5.42. The standard InChI is InChI=1S/C15H21N3O/c1-4-13(19)11-9-7-8-10-12(11)18-15(6-3)16-14(5-2)17-18/h7-10,13,19H,4-6H2,1-3H3. The lowest BCUT2D eigenvalue weighted by molar-refractivity contribution is 0.173. The highest BCUT2D eigenvalue weighted by atomic mass is 16.3. The van der Waals surface area contributed by atoms with E-state index in [1.165, 1.54) is 0 Å². The average Bonchev–Trinajstić information content (AvgIpc) is 2.89. The molecule has 1 atom stereocenters. The Morgan fingerprint density at radius 2 is 1.89 bits per heavy atom. The lowest BCUT2D eigenvalue weighted by atomic mass is 10.1. The number of aliphatic hydroxyl groups is 1. The molecule has 0 fully saturated rings. The minimum Gasteiger partial charge on any atom is -0.388 e. The normalized spacial score (nSPS) is 12.6. The largest absolute Gasteiger partial charge is 0.388 e. The van der Waals surface area contributed by atoms with Crippen molar-refractivity contribution in [1.29, 1.82) is 0 Å². The number of aromatic nitrogens is 3. The molecule has 19 heavy (non-hydrogen) atoms. The van der Waals surface area contributed by atoms with Crippen LogP contribution in [0.15, 0.2) is 24.3 Å². The summed E-state index contributed by atoms with van der Waals surface area (Å²) in [6, 6.07) is 7.85. The molecule has 0 saturated carbocycles. The second-order valence-corrected chi connectivity index (χ2v) is 4.55. The van der Waals surface area contributed by atoms with Gasteiger partial charge >= 0.3 is 0 Å². The summed E-state index contributed by atoms with van der Waals surface area (Å²) in [6.07, 6.45) is 1.87. The van der Waals surface area contributed by atoms with Crippen LogP contribution in [0.2, 0.25) is 0 Å². The van der Waals surface area contributed by atoms with E-state index in [4.69, 9.17) is 0 Å². The van der Waals surface area contributed by atoms with Crippen molar-refractivity contribution in [2.24, 2.45) is 0 Å². The predicted octanol–water partition coefficient (Wildman–Crippen LogP) is 2.84. The van der Waals surface area contributed by atoms with Gasteiger partial charge in [0.15, 0.2) is 5.82 Å².